The Kier molecular flexibility index (Phi) is 2.86. The summed E-state index contributed by atoms with van der Waals surface area (Å²) in [4.78, 5) is 0. The maximum atomic E-state index is 12.7. The fourth-order valence-electron chi connectivity index (χ4n) is 2.66. The lowest BCUT2D eigenvalue weighted by Gasteiger charge is -2.32. The Bertz CT molecular complexity index is 564. The van der Waals surface area contributed by atoms with E-state index in [0.29, 0.717) is 12.0 Å². The van der Waals surface area contributed by atoms with Gasteiger partial charge in [-0.15, -0.1) is 12.4 Å². The van der Waals surface area contributed by atoms with E-state index in [1.54, 1.807) is 0 Å². The van der Waals surface area contributed by atoms with Crippen molar-refractivity contribution in [2.45, 2.75) is 37.7 Å². The summed E-state index contributed by atoms with van der Waals surface area (Å²) in [5, 5.41) is 3.09. The zero-order valence-electron chi connectivity index (χ0n) is 12.8. The molecular formula is C13H15ClF3NO. The van der Waals surface area contributed by atoms with Gasteiger partial charge in [0.25, 0.3) is 0 Å². The van der Waals surface area contributed by atoms with Crippen molar-refractivity contribution in [1.29, 1.82) is 0 Å². The average Bonchev–Trinajstić information content (AvgIpc) is 2.73. The van der Waals surface area contributed by atoms with Crippen molar-refractivity contribution >= 4 is 12.4 Å². The lowest BCUT2D eigenvalue weighted by atomic mass is 10.0. The van der Waals surface area contributed by atoms with Crippen LogP contribution in [0.1, 0.15) is 33.7 Å². The van der Waals surface area contributed by atoms with E-state index in [-0.39, 0.29) is 25.0 Å². The normalized spacial score (nSPS) is 32.4. The number of rotatable bonds is 0. The molecule has 1 aliphatic carbocycles. The van der Waals surface area contributed by atoms with Crippen LogP contribution in [0.5, 0.6) is 0 Å². The highest BCUT2D eigenvalue weighted by molar-refractivity contribution is 5.85. The molecule has 1 N–H and O–H groups in total. The van der Waals surface area contributed by atoms with Gasteiger partial charge in [0.05, 0.1) is 23.8 Å². The van der Waals surface area contributed by atoms with Gasteiger partial charge in [-0.25, -0.2) is 0 Å². The van der Waals surface area contributed by atoms with E-state index in [1.807, 2.05) is 0 Å². The number of benzene rings is 1. The van der Waals surface area contributed by atoms with Crippen molar-refractivity contribution in [3.05, 3.63) is 34.9 Å². The van der Waals surface area contributed by atoms with Gasteiger partial charge < -0.3 is 10.1 Å². The first-order valence-electron chi connectivity index (χ1n) is 7.25. The van der Waals surface area contributed by atoms with Gasteiger partial charge in [-0.2, -0.15) is 13.2 Å². The summed E-state index contributed by atoms with van der Waals surface area (Å²) >= 11 is 0. The first-order valence-corrected chi connectivity index (χ1v) is 5.75. The first kappa shape index (κ1) is 10.9. The van der Waals surface area contributed by atoms with Crippen LogP contribution < -0.4 is 5.32 Å². The minimum atomic E-state index is -4.38. The summed E-state index contributed by atoms with van der Waals surface area (Å²) in [6.07, 6.45) is -5.43. The molecule has 1 aromatic carbocycles. The summed E-state index contributed by atoms with van der Waals surface area (Å²) in [5.74, 6) is 0. The van der Waals surface area contributed by atoms with Crippen molar-refractivity contribution in [3.63, 3.8) is 0 Å². The van der Waals surface area contributed by atoms with Gasteiger partial charge in [-0.1, -0.05) is 6.07 Å². The summed E-state index contributed by atoms with van der Waals surface area (Å²) < 4.78 is 65.9. The number of hydrogen-bond acceptors (Lipinski definition) is 2. The number of fused-ring (bicyclic) bond motifs is 3. The quantitative estimate of drug-likeness (QED) is 0.794. The van der Waals surface area contributed by atoms with Crippen molar-refractivity contribution in [1.82, 2.24) is 5.32 Å². The summed E-state index contributed by atoms with van der Waals surface area (Å²) in [5.41, 5.74) is 0.641. The molecule has 0 radical (unpaired) electrons. The molecule has 3 rings (SSSR count). The van der Waals surface area contributed by atoms with E-state index >= 15 is 0 Å². The molecule has 3 atom stereocenters. The van der Waals surface area contributed by atoms with Crippen LogP contribution in [0, 0.1) is 0 Å². The van der Waals surface area contributed by atoms with Crippen molar-refractivity contribution in [2.24, 2.45) is 0 Å². The van der Waals surface area contributed by atoms with E-state index in [4.69, 9.17) is 8.85 Å². The molecule has 106 valence electrons. The number of morpholine rings is 1. The van der Waals surface area contributed by atoms with Crippen molar-refractivity contribution < 1.29 is 22.0 Å². The van der Waals surface area contributed by atoms with Crippen LogP contribution in [-0.4, -0.2) is 18.8 Å². The number of nitrogens with one attached hydrogen (secondary N) is 1. The Labute approximate surface area is 120 Å². The van der Waals surface area contributed by atoms with Gasteiger partial charge >= 0.3 is 6.18 Å². The van der Waals surface area contributed by atoms with Gasteiger partial charge in [0.1, 0.15) is 0 Å². The molecule has 0 amide bonds. The van der Waals surface area contributed by atoms with Crippen LogP contribution in [0.25, 0.3) is 0 Å². The van der Waals surface area contributed by atoms with Crippen LogP contribution in [-0.2, 0) is 17.3 Å². The lowest BCUT2D eigenvalue weighted by molar-refractivity contribution is -0.137. The molecule has 0 saturated carbocycles. The summed E-state index contributed by atoms with van der Waals surface area (Å²) in [7, 11) is 0. The van der Waals surface area contributed by atoms with Crippen LogP contribution >= 0.6 is 12.4 Å². The SMILES string of the molecule is Cl.[2H]C([2H])([2H])C1CN[C@H]2c3ccc(C(F)(F)F)cc3C[C@H]2O1. The topological polar surface area (TPSA) is 21.3 Å². The fourth-order valence-corrected chi connectivity index (χ4v) is 2.66. The summed E-state index contributed by atoms with van der Waals surface area (Å²) in [6, 6.07) is 3.40. The minimum absolute atomic E-state index is 0. The molecule has 1 unspecified atom stereocenters. The van der Waals surface area contributed by atoms with Crippen LogP contribution in [0.2, 0.25) is 0 Å². The predicted molar refractivity (Wildman–Crippen MR) is 67.5 cm³/mol. The predicted octanol–water partition coefficient (Wildman–Crippen LogP) is 3.10. The molecule has 0 spiro atoms. The fraction of sp³-hybridized carbons (Fsp3) is 0.538. The van der Waals surface area contributed by atoms with E-state index < -0.39 is 30.8 Å². The van der Waals surface area contributed by atoms with Gasteiger partial charge in [0, 0.05) is 17.1 Å². The molecule has 2 aliphatic rings. The van der Waals surface area contributed by atoms with E-state index in [2.05, 4.69) is 5.32 Å². The second-order valence-electron chi connectivity index (χ2n) is 4.66. The van der Waals surface area contributed by atoms with Gasteiger partial charge in [0.15, 0.2) is 0 Å². The average molecular weight is 297 g/mol. The molecule has 2 nitrogen and oxygen atoms in total. The molecule has 1 saturated heterocycles. The van der Waals surface area contributed by atoms with Crippen LogP contribution in [0.15, 0.2) is 18.2 Å². The standard InChI is InChI=1S/C13H14F3NO.ClH/c1-7-6-17-12-10-3-2-9(13(14,15)16)4-8(10)5-11(12)18-7;/h2-4,7,11-12,17H,5-6H2,1H3;1H/t7?,11-,12+;/m1./s1/i1D3;. The molecule has 1 heterocycles. The lowest BCUT2D eigenvalue weighted by Crippen LogP contribution is -2.44. The zero-order chi connectivity index (χ0) is 15.4. The molecular weight excluding hydrogens is 279 g/mol. The number of ether oxygens (including phenoxy) is 1. The third-order valence-corrected chi connectivity index (χ3v) is 3.46. The van der Waals surface area contributed by atoms with Gasteiger partial charge in [-0.3, -0.25) is 0 Å². The van der Waals surface area contributed by atoms with Crippen molar-refractivity contribution in [2.75, 3.05) is 6.54 Å². The van der Waals surface area contributed by atoms with Gasteiger partial charge in [-0.05, 0) is 30.1 Å². The number of alkyl halides is 3. The number of hydrogen-bond donors (Lipinski definition) is 1. The number of halogens is 4. The molecule has 1 fully saturated rings. The Morgan fingerprint density at radius 1 is 1.42 bits per heavy atom. The Morgan fingerprint density at radius 2 is 2.21 bits per heavy atom. The van der Waals surface area contributed by atoms with E-state index in [1.165, 1.54) is 6.07 Å². The molecule has 19 heavy (non-hydrogen) atoms. The molecule has 6 heteroatoms. The highest BCUT2D eigenvalue weighted by atomic mass is 35.5. The van der Waals surface area contributed by atoms with Crippen LogP contribution in [0.4, 0.5) is 13.2 Å². The maximum Gasteiger partial charge on any atom is 0.416 e. The van der Waals surface area contributed by atoms with Crippen LogP contribution in [0.3, 0.4) is 0 Å². The monoisotopic (exact) mass is 296 g/mol. The maximum absolute atomic E-state index is 12.7. The first-order chi connectivity index (χ1) is 9.66. The highest BCUT2D eigenvalue weighted by Crippen LogP contribution is 2.39. The summed E-state index contributed by atoms with van der Waals surface area (Å²) in [6.45, 7) is -2.07. The molecule has 1 aromatic rings. The Balaban J connectivity index is 0.00000176. The largest absolute Gasteiger partial charge is 0.416 e. The molecule has 1 aliphatic heterocycles. The minimum Gasteiger partial charge on any atom is -0.372 e. The Hall–Kier alpha value is -0.780. The third-order valence-electron chi connectivity index (χ3n) is 3.46. The molecule has 0 bridgehead atoms. The molecule has 0 aromatic heterocycles. The Morgan fingerprint density at radius 3 is 2.89 bits per heavy atom. The zero-order valence-corrected chi connectivity index (χ0v) is 10.6. The third kappa shape index (κ3) is 2.59. The van der Waals surface area contributed by atoms with E-state index in [9.17, 15) is 13.2 Å². The smallest absolute Gasteiger partial charge is 0.372 e. The van der Waals surface area contributed by atoms with E-state index in [0.717, 1.165) is 17.7 Å². The second kappa shape index (κ2) is 4.96. The van der Waals surface area contributed by atoms with Crippen molar-refractivity contribution in [3.8, 4) is 0 Å². The van der Waals surface area contributed by atoms with Gasteiger partial charge in [0.2, 0.25) is 0 Å². The highest BCUT2D eigenvalue weighted by Gasteiger charge is 2.39. The second-order valence-corrected chi connectivity index (χ2v) is 4.66.